The number of aliphatic hydroxyl groups is 2. The summed E-state index contributed by atoms with van der Waals surface area (Å²) in [6, 6.07) is 13.7. The molecule has 1 fully saturated rings. The largest absolute Gasteiger partial charge is 0.475 e. The Hall–Kier alpha value is -2.45. The highest BCUT2D eigenvalue weighted by Crippen LogP contribution is 2.47. The van der Waals surface area contributed by atoms with Gasteiger partial charge < -0.3 is 20.3 Å². The molecule has 2 heterocycles. The Morgan fingerprint density at radius 3 is 2.77 bits per heavy atom. The summed E-state index contributed by atoms with van der Waals surface area (Å²) in [5, 5.41) is 26.8. The van der Waals surface area contributed by atoms with E-state index in [1.54, 1.807) is 18.2 Å². The average molecular weight is 409 g/mol. The van der Waals surface area contributed by atoms with Gasteiger partial charge in [-0.2, -0.15) is 0 Å². The molecular formula is C23H27N3O4. The Morgan fingerprint density at radius 1 is 1.17 bits per heavy atom. The van der Waals surface area contributed by atoms with Crippen LogP contribution in [0.4, 0.5) is 5.69 Å². The lowest BCUT2D eigenvalue weighted by Gasteiger charge is -2.30. The first-order valence-corrected chi connectivity index (χ1v) is 10.6. The van der Waals surface area contributed by atoms with Crippen LogP contribution in [0.2, 0.25) is 0 Å². The highest BCUT2D eigenvalue weighted by atomic mass is 16.5. The highest BCUT2D eigenvalue weighted by Gasteiger charge is 2.55. The van der Waals surface area contributed by atoms with E-state index in [2.05, 4.69) is 33.7 Å². The maximum Gasteiger partial charge on any atom is 0.268 e. The topological polar surface area (TPSA) is 94.1 Å². The second kappa shape index (κ2) is 7.67. The van der Waals surface area contributed by atoms with Crippen molar-refractivity contribution in [2.24, 2.45) is 0 Å². The summed E-state index contributed by atoms with van der Waals surface area (Å²) in [5.74, 6) is 0.515. The molecule has 4 N–H and O–H groups in total. The molecule has 1 saturated carbocycles. The molecule has 1 unspecified atom stereocenters. The fraction of sp³-hybridized carbons (Fsp3) is 0.435. The number of hydrogen-bond donors (Lipinski definition) is 4. The molecule has 1 aliphatic carbocycles. The van der Waals surface area contributed by atoms with E-state index in [9.17, 15) is 15.0 Å². The number of amides is 1. The van der Waals surface area contributed by atoms with Gasteiger partial charge in [-0.25, -0.2) is 0 Å². The summed E-state index contributed by atoms with van der Waals surface area (Å²) in [7, 11) is 0. The molecule has 2 aromatic rings. The van der Waals surface area contributed by atoms with Crippen molar-refractivity contribution in [3.8, 4) is 5.75 Å². The number of nitrogens with zero attached hydrogens (tertiary/aromatic N) is 1. The average Bonchev–Trinajstić information content (AvgIpc) is 3.53. The molecule has 2 atom stereocenters. The standard InChI is InChI=1S/C23H27N3O4/c27-18(14-26-10-7-15-3-1-2-4-17(15)13-26)12-24-21(28)16-5-6-20-19(11-16)25-22(29)23(30-20)8-9-23/h1-6,11,18,21,24,27-28H,7-10,12-14H2,(H,25,29)/t18-,21?/m0/s1. The molecule has 0 saturated heterocycles. The van der Waals surface area contributed by atoms with Gasteiger partial charge in [0.25, 0.3) is 5.91 Å². The maximum absolute atomic E-state index is 12.2. The zero-order chi connectivity index (χ0) is 20.7. The van der Waals surface area contributed by atoms with Crippen LogP contribution in [0.15, 0.2) is 42.5 Å². The molecule has 3 aliphatic rings. The number of nitrogens with one attached hydrogen (secondary N) is 2. The zero-order valence-corrected chi connectivity index (χ0v) is 16.8. The number of β-amino-alcohol motifs (C(OH)–C–C–N with tert-alkyl or cyclic N) is 1. The second-order valence-corrected chi connectivity index (χ2v) is 8.52. The third-order valence-corrected chi connectivity index (χ3v) is 6.22. The van der Waals surface area contributed by atoms with Crippen LogP contribution >= 0.6 is 0 Å². The van der Waals surface area contributed by atoms with Crippen LogP contribution in [0, 0.1) is 0 Å². The molecule has 158 valence electrons. The number of ether oxygens (including phenoxy) is 1. The van der Waals surface area contributed by atoms with Crippen LogP contribution in [0.5, 0.6) is 5.75 Å². The van der Waals surface area contributed by atoms with Crippen molar-refractivity contribution in [1.82, 2.24) is 10.2 Å². The van der Waals surface area contributed by atoms with Crippen LogP contribution in [0.25, 0.3) is 0 Å². The van der Waals surface area contributed by atoms with Crippen LogP contribution in [-0.4, -0.2) is 52.4 Å². The Bertz CT molecular complexity index is 959. The van der Waals surface area contributed by atoms with E-state index in [0.717, 1.165) is 32.4 Å². The molecule has 1 amide bonds. The fourth-order valence-electron chi connectivity index (χ4n) is 4.28. The van der Waals surface area contributed by atoms with Crippen molar-refractivity contribution < 1.29 is 19.7 Å². The Morgan fingerprint density at radius 2 is 1.97 bits per heavy atom. The van der Waals surface area contributed by atoms with E-state index >= 15 is 0 Å². The lowest BCUT2D eigenvalue weighted by Crippen LogP contribution is -2.41. The molecule has 7 nitrogen and oxygen atoms in total. The van der Waals surface area contributed by atoms with Crippen molar-refractivity contribution in [2.45, 2.75) is 43.7 Å². The van der Waals surface area contributed by atoms with Crippen LogP contribution in [0.1, 0.15) is 35.8 Å². The third-order valence-electron chi connectivity index (χ3n) is 6.22. The monoisotopic (exact) mass is 409 g/mol. The van der Waals surface area contributed by atoms with Crippen molar-refractivity contribution in [3.05, 3.63) is 59.2 Å². The van der Waals surface area contributed by atoms with E-state index in [-0.39, 0.29) is 12.5 Å². The number of carbonyl (C=O) groups is 1. The normalized spacial score (nSPS) is 21.2. The van der Waals surface area contributed by atoms with Crippen LogP contribution in [-0.2, 0) is 17.8 Å². The maximum atomic E-state index is 12.2. The number of anilines is 1. The Balaban J connectivity index is 1.14. The highest BCUT2D eigenvalue weighted by molar-refractivity contribution is 6.02. The number of hydrogen-bond acceptors (Lipinski definition) is 6. The van der Waals surface area contributed by atoms with Gasteiger partial charge in [0.2, 0.25) is 0 Å². The number of aliphatic hydroxyl groups excluding tert-OH is 2. The first-order chi connectivity index (χ1) is 14.5. The summed E-state index contributed by atoms with van der Waals surface area (Å²) in [6.45, 7) is 2.57. The molecule has 0 aromatic heterocycles. The van der Waals surface area contributed by atoms with Gasteiger partial charge in [-0.05, 0) is 35.2 Å². The van der Waals surface area contributed by atoms with Crippen LogP contribution in [0.3, 0.4) is 0 Å². The first kappa shape index (κ1) is 19.5. The minimum absolute atomic E-state index is 0.117. The van der Waals surface area contributed by atoms with Gasteiger partial charge in [-0.3, -0.25) is 15.0 Å². The molecular weight excluding hydrogens is 382 g/mol. The second-order valence-electron chi connectivity index (χ2n) is 8.52. The molecule has 5 rings (SSSR count). The van der Waals surface area contributed by atoms with Gasteiger partial charge in [-0.15, -0.1) is 0 Å². The van der Waals surface area contributed by atoms with Gasteiger partial charge >= 0.3 is 0 Å². The minimum Gasteiger partial charge on any atom is -0.475 e. The minimum atomic E-state index is -0.944. The zero-order valence-electron chi connectivity index (χ0n) is 16.8. The van der Waals surface area contributed by atoms with Crippen molar-refractivity contribution >= 4 is 11.6 Å². The molecule has 30 heavy (non-hydrogen) atoms. The van der Waals surface area contributed by atoms with Gasteiger partial charge in [0.15, 0.2) is 5.60 Å². The number of benzene rings is 2. The van der Waals surface area contributed by atoms with E-state index < -0.39 is 17.9 Å². The number of rotatable bonds is 6. The third kappa shape index (κ3) is 3.81. The Kier molecular flexibility index (Phi) is 4.99. The Labute approximate surface area is 175 Å². The predicted molar refractivity (Wildman–Crippen MR) is 112 cm³/mol. The van der Waals surface area contributed by atoms with Gasteiger partial charge in [0, 0.05) is 39.0 Å². The van der Waals surface area contributed by atoms with Crippen molar-refractivity contribution in [1.29, 1.82) is 0 Å². The van der Waals surface area contributed by atoms with E-state index in [0.29, 0.717) is 23.5 Å². The molecule has 0 bridgehead atoms. The molecule has 2 aromatic carbocycles. The fourth-order valence-corrected chi connectivity index (χ4v) is 4.28. The van der Waals surface area contributed by atoms with Gasteiger partial charge in [0.1, 0.15) is 12.0 Å². The van der Waals surface area contributed by atoms with Gasteiger partial charge in [0.05, 0.1) is 11.8 Å². The van der Waals surface area contributed by atoms with E-state index in [1.165, 1.54) is 11.1 Å². The summed E-state index contributed by atoms with van der Waals surface area (Å²) in [6.07, 6.45) is 0.930. The molecule has 7 heteroatoms. The summed E-state index contributed by atoms with van der Waals surface area (Å²) in [5.41, 5.74) is 3.21. The van der Waals surface area contributed by atoms with Gasteiger partial charge in [-0.1, -0.05) is 30.3 Å². The quantitative estimate of drug-likeness (QED) is 0.541. The first-order valence-electron chi connectivity index (χ1n) is 10.6. The smallest absolute Gasteiger partial charge is 0.268 e. The SMILES string of the molecule is O=C1Nc2cc(C(O)NC[C@H](O)CN3CCc4ccccc4C3)ccc2OC12CC2. The number of fused-ring (bicyclic) bond motifs is 2. The predicted octanol–water partition coefficient (Wildman–Crippen LogP) is 1.55. The number of carbonyl (C=O) groups excluding carboxylic acids is 1. The lowest BCUT2D eigenvalue weighted by molar-refractivity contribution is -0.125. The lowest BCUT2D eigenvalue weighted by atomic mass is 10.00. The summed E-state index contributed by atoms with van der Waals surface area (Å²) >= 11 is 0. The van der Waals surface area contributed by atoms with Crippen molar-refractivity contribution in [2.75, 3.05) is 25.0 Å². The molecule has 1 spiro atoms. The van der Waals surface area contributed by atoms with E-state index in [4.69, 9.17) is 4.74 Å². The molecule has 0 radical (unpaired) electrons. The van der Waals surface area contributed by atoms with Crippen LogP contribution < -0.4 is 15.4 Å². The molecule has 2 aliphatic heterocycles. The van der Waals surface area contributed by atoms with E-state index in [1.807, 2.05) is 6.07 Å². The summed E-state index contributed by atoms with van der Waals surface area (Å²) in [4.78, 5) is 14.4. The van der Waals surface area contributed by atoms with Crippen molar-refractivity contribution in [3.63, 3.8) is 0 Å². The summed E-state index contributed by atoms with van der Waals surface area (Å²) < 4.78 is 5.83.